The number of carboxylic acids is 1. The van der Waals surface area contributed by atoms with Crippen molar-refractivity contribution >= 4 is 11.8 Å². The molecular formula is C27H52O5. The van der Waals surface area contributed by atoms with E-state index < -0.39 is 29.4 Å². The summed E-state index contributed by atoms with van der Waals surface area (Å²) in [5.74, 6) is -3.14. The molecule has 190 valence electrons. The van der Waals surface area contributed by atoms with Gasteiger partial charge in [-0.25, -0.2) is 0 Å². The highest BCUT2D eigenvalue weighted by Gasteiger charge is 2.46. The molecule has 0 aromatic rings. The lowest BCUT2D eigenvalue weighted by atomic mass is 9.78. The summed E-state index contributed by atoms with van der Waals surface area (Å²) in [6, 6.07) is 0. The first-order valence-electron chi connectivity index (χ1n) is 13.5. The van der Waals surface area contributed by atoms with Crippen LogP contribution in [0.4, 0.5) is 0 Å². The summed E-state index contributed by atoms with van der Waals surface area (Å²) in [5, 5.41) is 31.0. The average Bonchev–Trinajstić information content (AvgIpc) is 2.78. The van der Waals surface area contributed by atoms with Crippen molar-refractivity contribution in [3.63, 3.8) is 0 Å². The van der Waals surface area contributed by atoms with Crippen LogP contribution in [0.2, 0.25) is 0 Å². The van der Waals surface area contributed by atoms with Crippen LogP contribution < -0.4 is 0 Å². The number of unbranched alkanes of at least 4 members (excludes halogenated alkanes) is 14. The van der Waals surface area contributed by atoms with Crippen LogP contribution in [0.1, 0.15) is 143 Å². The maximum atomic E-state index is 13.0. The Morgan fingerprint density at radius 3 is 1.50 bits per heavy atom. The summed E-state index contributed by atoms with van der Waals surface area (Å²) < 4.78 is 0. The predicted molar refractivity (Wildman–Crippen MR) is 132 cm³/mol. The van der Waals surface area contributed by atoms with E-state index in [1.54, 1.807) is 6.92 Å². The molecule has 5 heteroatoms. The smallest absolute Gasteiger partial charge is 0.314 e. The Hall–Kier alpha value is -0.940. The molecule has 0 aliphatic rings. The van der Waals surface area contributed by atoms with Crippen molar-refractivity contribution in [3.05, 3.63) is 0 Å². The monoisotopic (exact) mass is 456 g/mol. The molecule has 0 aliphatic carbocycles. The van der Waals surface area contributed by atoms with Crippen molar-refractivity contribution < 1.29 is 24.9 Å². The molecule has 0 fully saturated rings. The van der Waals surface area contributed by atoms with Gasteiger partial charge in [0.15, 0.2) is 5.78 Å². The molecule has 3 unspecified atom stereocenters. The molecule has 0 saturated carbocycles. The molecular weight excluding hydrogens is 404 g/mol. The van der Waals surface area contributed by atoms with Gasteiger partial charge in [0.25, 0.3) is 0 Å². The zero-order valence-corrected chi connectivity index (χ0v) is 21.2. The zero-order valence-electron chi connectivity index (χ0n) is 21.2. The maximum Gasteiger partial charge on any atom is 0.314 e. The molecule has 0 aliphatic heterocycles. The van der Waals surface area contributed by atoms with E-state index in [-0.39, 0.29) is 19.3 Å². The number of carboxylic acid groups (broad SMARTS) is 1. The van der Waals surface area contributed by atoms with Crippen LogP contribution in [0, 0.1) is 5.92 Å². The normalized spacial score (nSPS) is 15.3. The molecule has 0 heterocycles. The Kier molecular flexibility index (Phi) is 18.9. The van der Waals surface area contributed by atoms with E-state index in [4.69, 9.17) is 0 Å². The Bertz CT molecular complexity index is 479. The van der Waals surface area contributed by atoms with Gasteiger partial charge in [0.1, 0.15) is 11.5 Å². The van der Waals surface area contributed by atoms with Crippen LogP contribution in [0.15, 0.2) is 0 Å². The summed E-state index contributed by atoms with van der Waals surface area (Å²) in [5.41, 5.74) is -1.96. The molecule has 0 radical (unpaired) electrons. The molecule has 32 heavy (non-hydrogen) atoms. The summed E-state index contributed by atoms with van der Waals surface area (Å²) >= 11 is 0. The minimum absolute atomic E-state index is 0.128. The van der Waals surface area contributed by atoms with Crippen molar-refractivity contribution in [2.24, 2.45) is 5.92 Å². The summed E-state index contributed by atoms with van der Waals surface area (Å²) in [6.07, 6.45) is 17.0. The van der Waals surface area contributed by atoms with Gasteiger partial charge in [-0.2, -0.15) is 0 Å². The minimum Gasteiger partial charge on any atom is -0.481 e. The highest BCUT2D eigenvalue weighted by atomic mass is 16.4. The van der Waals surface area contributed by atoms with Crippen molar-refractivity contribution in [1.82, 2.24) is 0 Å². The van der Waals surface area contributed by atoms with Gasteiger partial charge in [0.05, 0.1) is 6.10 Å². The maximum absolute atomic E-state index is 13.0. The van der Waals surface area contributed by atoms with Gasteiger partial charge in [-0.05, 0) is 19.3 Å². The van der Waals surface area contributed by atoms with Gasteiger partial charge in [0, 0.05) is 0 Å². The van der Waals surface area contributed by atoms with E-state index in [2.05, 4.69) is 13.8 Å². The molecule has 0 saturated heterocycles. The van der Waals surface area contributed by atoms with Crippen molar-refractivity contribution in [2.45, 2.75) is 154 Å². The van der Waals surface area contributed by atoms with Crippen LogP contribution in [-0.2, 0) is 9.59 Å². The Labute approximate surface area is 197 Å². The van der Waals surface area contributed by atoms with E-state index in [1.807, 2.05) is 0 Å². The lowest BCUT2D eigenvalue weighted by Gasteiger charge is -2.33. The van der Waals surface area contributed by atoms with Gasteiger partial charge >= 0.3 is 5.97 Å². The number of carbonyl (C=O) groups is 2. The Morgan fingerprint density at radius 1 is 0.688 bits per heavy atom. The third-order valence-electron chi connectivity index (χ3n) is 6.74. The molecule has 0 aromatic heterocycles. The number of hydrogen-bond acceptors (Lipinski definition) is 4. The number of ketones is 1. The highest BCUT2D eigenvalue weighted by molar-refractivity contribution is 6.03. The average molecular weight is 457 g/mol. The second kappa shape index (κ2) is 19.5. The van der Waals surface area contributed by atoms with Gasteiger partial charge in [0.2, 0.25) is 0 Å². The van der Waals surface area contributed by atoms with E-state index in [0.717, 1.165) is 38.5 Å². The van der Waals surface area contributed by atoms with Crippen LogP contribution >= 0.6 is 0 Å². The van der Waals surface area contributed by atoms with Crippen LogP contribution in [0.5, 0.6) is 0 Å². The number of aliphatic hydroxyl groups excluding tert-OH is 1. The first-order chi connectivity index (χ1) is 15.3. The predicted octanol–water partition coefficient (Wildman–Crippen LogP) is 6.82. The topological polar surface area (TPSA) is 94.8 Å². The molecule has 0 bridgehead atoms. The number of hydrogen-bond donors (Lipinski definition) is 3. The van der Waals surface area contributed by atoms with Gasteiger partial charge in [-0.15, -0.1) is 0 Å². The molecule has 5 nitrogen and oxygen atoms in total. The third kappa shape index (κ3) is 12.9. The van der Waals surface area contributed by atoms with E-state index in [0.29, 0.717) is 12.8 Å². The van der Waals surface area contributed by atoms with Gasteiger partial charge in [-0.1, -0.05) is 124 Å². The summed E-state index contributed by atoms with van der Waals surface area (Å²) in [6.45, 7) is 6.02. The van der Waals surface area contributed by atoms with Gasteiger partial charge < -0.3 is 15.3 Å². The molecule has 3 N–H and O–H groups in total. The largest absolute Gasteiger partial charge is 0.481 e. The Morgan fingerprint density at radius 2 is 1.09 bits per heavy atom. The fourth-order valence-corrected chi connectivity index (χ4v) is 4.47. The fraction of sp³-hybridized carbons (Fsp3) is 0.926. The lowest BCUT2D eigenvalue weighted by molar-refractivity contribution is -0.164. The SMILES string of the molecule is CCCCCCCCCCCCCCC(C(=O)O)C(=O)C(O)(CCCCCC)C(O)CC. The zero-order chi connectivity index (χ0) is 24.2. The minimum atomic E-state index is -1.96. The van der Waals surface area contributed by atoms with Crippen LogP contribution in [0.25, 0.3) is 0 Å². The quantitative estimate of drug-likeness (QED) is 0.116. The lowest BCUT2D eigenvalue weighted by Crippen LogP contribution is -2.53. The number of aliphatic hydroxyl groups is 2. The first kappa shape index (κ1) is 31.1. The van der Waals surface area contributed by atoms with Gasteiger partial charge in [-0.3, -0.25) is 9.59 Å². The number of Topliss-reactive ketones (excluding diaryl/α,β-unsaturated/α-hetero) is 1. The number of carbonyl (C=O) groups excluding carboxylic acids is 1. The fourth-order valence-electron chi connectivity index (χ4n) is 4.47. The highest BCUT2D eigenvalue weighted by Crippen LogP contribution is 2.29. The van der Waals surface area contributed by atoms with E-state index in [1.165, 1.54) is 51.4 Å². The third-order valence-corrected chi connectivity index (χ3v) is 6.74. The second-order valence-corrected chi connectivity index (χ2v) is 9.59. The first-order valence-corrected chi connectivity index (χ1v) is 13.5. The van der Waals surface area contributed by atoms with Crippen LogP contribution in [-0.4, -0.2) is 38.8 Å². The van der Waals surface area contributed by atoms with Crippen molar-refractivity contribution in [2.75, 3.05) is 0 Å². The number of rotatable bonds is 23. The van der Waals surface area contributed by atoms with Crippen LogP contribution in [0.3, 0.4) is 0 Å². The summed E-state index contributed by atoms with van der Waals surface area (Å²) in [7, 11) is 0. The second-order valence-electron chi connectivity index (χ2n) is 9.59. The van der Waals surface area contributed by atoms with Crippen molar-refractivity contribution in [3.8, 4) is 0 Å². The summed E-state index contributed by atoms with van der Waals surface area (Å²) in [4.78, 5) is 24.8. The Balaban J connectivity index is 4.38. The molecule has 0 amide bonds. The van der Waals surface area contributed by atoms with E-state index >= 15 is 0 Å². The molecule has 0 rings (SSSR count). The molecule has 0 aromatic carbocycles. The van der Waals surface area contributed by atoms with Crippen molar-refractivity contribution in [1.29, 1.82) is 0 Å². The standard InChI is InChI=1S/C27H52O5/c1-4-7-9-11-12-13-14-15-16-17-18-19-21-23(26(30)31)25(29)27(32,24(28)6-3)22-20-10-8-5-2/h23-24,28,32H,4-22H2,1-3H3,(H,30,31). The molecule has 3 atom stereocenters. The molecule has 0 spiro atoms. The van der Waals surface area contributed by atoms with E-state index in [9.17, 15) is 24.9 Å². The number of aliphatic carboxylic acids is 1.